The van der Waals surface area contributed by atoms with Crippen LogP contribution in [0.25, 0.3) is 0 Å². The second-order valence-electron chi connectivity index (χ2n) is 7.14. The van der Waals surface area contributed by atoms with Crippen molar-refractivity contribution in [3.63, 3.8) is 0 Å². The van der Waals surface area contributed by atoms with Crippen LogP contribution in [0.3, 0.4) is 0 Å². The molecule has 0 saturated carbocycles. The van der Waals surface area contributed by atoms with E-state index in [2.05, 4.69) is 14.8 Å². The summed E-state index contributed by atoms with van der Waals surface area (Å²) in [6.07, 6.45) is 0. The van der Waals surface area contributed by atoms with Gasteiger partial charge in [-0.25, -0.2) is 22.5 Å². The Hall–Kier alpha value is -3.23. The van der Waals surface area contributed by atoms with E-state index in [1.54, 1.807) is 12.1 Å². The molecule has 1 aliphatic rings. The number of guanidine groups is 1. The Bertz CT molecular complexity index is 1260. The van der Waals surface area contributed by atoms with E-state index in [-0.39, 0.29) is 22.6 Å². The van der Waals surface area contributed by atoms with Gasteiger partial charge < -0.3 is 0 Å². The molecule has 1 aliphatic heterocycles. The second kappa shape index (κ2) is 9.10. The Balaban J connectivity index is 1.67. The highest BCUT2D eigenvalue weighted by Gasteiger charge is 2.32. The molecule has 0 spiro atoms. The van der Waals surface area contributed by atoms with Crippen LogP contribution in [-0.2, 0) is 10.0 Å². The van der Waals surface area contributed by atoms with Gasteiger partial charge in [0, 0.05) is 18.0 Å². The van der Waals surface area contributed by atoms with Gasteiger partial charge in [0.1, 0.15) is 5.82 Å². The lowest BCUT2D eigenvalue weighted by Gasteiger charge is -2.19. The average molecular weight is 471 g/mol. The molecule has 32 heavy (non-hydrogen) atoms. The molecule has 0 radical (unpaired) electrons. The van der Waals surface area contributed by atoms with Crippen molar-refractivity contribution in [2.45, 2.75) is 10.8 Å². The van der Waals surface area contributed by atoms with Crippen molar-refractivity contribution < 1.29 is 12.8 Å². The van der Waals surface area contributed by atoms with Gasteiger partial charge in [-0.2, -0.15) is 5.10 Å². The summed E-state index contributed by atoms with van der Waals surface area (Å²) in [6, 6.07) is 21.7. The smallest absolute Gasteiger partial charge is 0.254 e. The summed E-state index contributed by atoms with van der Waals surface area (Å²) >= 11 is 5.87. The topological polar surface area (TPSA) is 74.1 Å². The Morgan fingerprint density at radius 3 is 2.34 bits per heavy atom. The van der Waals surface area contributed by atoms with E-state index in [0.717, 1.165) is 11.1 Å². The van der Waals surface area contributed by atoms with Crippen LogP contribution >= 0.6 is 11.6 Å². The van der Waals surface area contributed by atoms with E-state index in [4.69, 9.17) is 11.6 Å². The van der Waals surface area contributed by atoms with Crippen LogP contribution in [0.4, 0.5) is 4.39 Å². The Labute approximate surface area is 191 Å². The van der Waals surface area contributed by atoms with Crippen molar-refractivity contribution in [1.29, 1.82) is 0 Å². The summed E-state index contributed by atoms with van der Waals surface area (Å²) in [4.78, 5) is 4.19. The molecule has 9 heteroatoms. The van der Waals surface area contributed by atoms with Crippen LogP contribution in [0, 0.1) is 5.82 Å². The predicted molar refractivity (Wildman–Crippen MR) is 124 cm³/mol. The Morgan fingerprint density at radius 1 is 1.06 bits per heavy atom. The molecule has 164 valence electrons. The lowest BCUT2D eigenvalue weighted by atomic mass is 9.91. The zero-order valence-corrected chi connectivity index (χ0v) is 18.7. The SMILES string of the molecule is CN=C(NS(=O)(=O)c1ccc(Cl)cc1)N1CC(c2ccccc2)C(c2ccc(F)cc2)=N1. The summed E-state index contributed by atoms with van der Waals surface area (Å²) in [7, 11) is -2.41. The van der Waals surface area contributed by atoms with E-state index < -0.39 is 10.0 Å². The van der Waals surface area contributed by atoms with Crippen molar-refractivity contribution >= 4 is 33.3 Å². The van der Waals surface area contributed by atoms with Gasteiger partial charge in [0.05, 0.1) is 17.2 Å². The highest BCUT2D eigenvalue weighted by molar-refractivity contribution is 7.90. The van der Waals surface area contributed by atoms with Crippen molar-refractivity contribution in [3.05, 3.63) is 101 Å². The maximum atomic E-state index is 13.5. The van der Waals surface area contributed by atoms with Gasteiger partial charge in [-0.05, 0) is 47.5 Å². The predicted octanol–water partition coefficient (Wildman–Crippen LogP) is 4.25. The minimum Gasteiger partial charge on any atom is -0.254 e. The van der Waals surface area contributed by atoms with Crippen LogP contribution < -0.4 is 4.72 Å². The Morgan fingerprint density at radius 2 is 1.72 bits per heavy atom. The van der Waals surface area contributed by atoms with E-state index >= 15 is 0 Å². The van der Waals surface area contributed by atoms with E-state index in [9.17, 15) is 12.8 Å². The number of sulfonamides is 1. The van der Waals surface area contributed by atoms with Gasteiger partial charge >= 0.3 is 0 Å². The molecule has 0 saturated heterocycles. The van der Waals surface area contributed by atoms with Crippen molar-refractivity contribution in [2.75, 3.05) is 13.6 Å². The normalized spacial score (nSPS) is 16.7. The fourth-order valence-electron chi connectivity index (χ4n) is 3.47. The third kappa shape index (κ3) is 4.66. The van der Waals surface area contributed by atoms with E-state index in [1.807, 2.05) is 30.3 Å². The van der Waals surface area contributed by atoms with Gasteiger partial charge in [-0.15, -0.1) is 0 Å². The molecule has 0 bridgehead atoms. The standard InChI is InChI=1S/C23H20ClFN4O2S/c1-26-23(28-32(30,31)20-13-9-18(24)10-14-20)29-15-21(16-5-3-2-4-6-16)22(27-29)17-7-11-19(25)12-8-17/h2-14,21H,15H2,1H3,(H,26,28). The first-order chi connectivity index (χ1) is 15.4. The van der Waals surface area contributed by atoms with Gasteiger partial charge in [-0.3, -0.25) is 4.99 Å². The summed E-state index contributed by atoms with van der Waals surface area (Å²) in [5.41, 5.74) is 2.45. The molecular weight excluding hydrogens is 451 g/mol. The van der Waals surface area contributed by atoms with Gasteiger partial charge in [-0.1, -0.05) is 54.1 Å². The van der Waals surface area contributed by atoms with Crippen LogP contribution in [0.2, 0.25) is 5.02 Å². The fraction of sp³-hybridized carbons (Fsp3) is 0.130. The molecule has 0 fully saturated rings. The summed E-state index contributed by atoms with van der Waals surface area (Å²) in [5, 5.41) is 6.61. The van der Waals surface area contributed by atoms with Gasteiger partial charge in [0.25, 0.3) is 10.0 Å². The molecule has 1 heterocycles. The molecule has 0 aliphatic carbocycles. The van der Waals surface area contributed by atoms with Crippen molar-refractivity contribution in [1.82, 2.24) is 9.73 Å². The molecular formula is C23H20ClFN4O2S. The quantitative estimate of drug-likeness (QED) is 0.457. The highest BCUT2D eigenvalue weighted by atomic mass is 35.5. The minimum atomic E-state index is -3.90. The van der Waals surface area contributed by atoms with Crippen LogP contribution in [0.1, 0.15) is 17.0 Å². The molecule has 4 rings (SSSR count). The fourth-order valence-corrected chi connectivity index (χ4v) is 4.64. The maximum Gasteiger partial charge on any atom is 0.264 e. The number of rotatable bonds is 4. The summed E-state index contributed by atoms with van der Waals surface area (Å²) in [6.45, 7) is 0.368. The van der Waals surface area contributed by atoms with Crippen LogP contribution in [0.15, 0.2) is 93.9 Å². The summed E-state index contributed by atoms with van der Waals surface area (Å²) in [5.74, 6) is -0.413. The molecule has 0 aromatic heterocycles. The Kier molecular flexibility index (Phi) is 6.25. The first-order valence-electron chi connectivity index (χ1n) is 9.79. The third-order valence-corrected chi connectivity index (χ3v) is 6.66. The number of hydrogen-bond acceptors (Lipinski definition) is 4. The molecule has 1 N–H and O–H groups in total. The number of benzene rings is 3. The zero-order valence-electron chi connectivity index (χ0n) is 17.1. The second-order valence-corrected chi connectivity index (χ2v) is 9.26. The molecule has 3 aromatic rings. The first kappa shape index (κ1) is 22.0. The van der Waals surface area contributed by atoms with Crippen LogP contribution in [0.5, 0.6) is 0 Å². The maximum absolute atomic E-state index is 13.5. The number of aliphatic imine (C=N–C) groups is 1. The van der Waals surface area contributed by atoms with E-state index in [0.29, 0.717) is 17.3 Å². The number of halogens is 2. The largest absolute Gasteiger partial charge is 0.264 e. The van der Waals surface area contributed by atoms with Crippen LogP contribution in [-0.4, -0.2) is 38.7 Å². The number of hydrazone groups is 1. The van der Waals surface area contributed by atoms with E-state index in [1.165, 1.54) is 48.5 Å². The average Bonchev–Trinajstić information content (AvgIpc) is 3.24. The van der Waals surface area contributed by atoms with Crippen molar-refractivity contribution in [3.8, 4) is 0 Å². The molecule has 1 atom stereocenters. The van der Waals surface area contributed by atoms with Gasteiger partial charge in [0.2, 0.25) is 5.96 Å². The molecule has 0 amide bonds. The van der Waals surface area contributed by atoms with Gasteiger partial charge in [0.15, 0.2) is 0 Å². The number of nitrogens with one attached hydrogen (secondary N) is 1. The first-order valence-corrected chi connectivity index (χ1v) is 11.7. The lowest BCUT2D eigenvalue weighted by molar-refractivity contribution is 0.462. The molecule has 3 aromatic carbocycles. The number of nitrogens with zero attached hydrogens (tertiary/aromatic N) is 3. The zero-order chi connectivity index (χ0) is 22.7. The number of hydrogen-bond donors (Lipinski definition) is 1. The minimum absolute atomic E-state index is 0.0598. The summed E-state index contributed by atoms with van der Waals surface area (Å²) < 4.78 is 41.7. The third-order valence-electron chi connectivity index (χ3n) is 5.06. The highest BCUT2D eigenvalue weighted by Crippen LogP contribution is 2.29. The monoisotopic (exact) mass is 470 g/mol. The lowest BCUT2D eigenvalue weighted by Crippen LogP contribution is -2.41. The van der Waals surface area contributed by atoms with Crippen molar-refractivity contribution in [2.24, 2.45) is 10.1 Å². The molecule has 1 unspecified atom stereocenters. The molecule has 6 nitrogen and oxygen atoms in total.